The van der Waals surface area contributed by atoms with Gasteiger partial charge in [0.25, 0.3) is 0 Å². The van der Waals surface area contributed by atoms with Crippen LogP contribution in [0.15, 0.2) is 40.9 Å². The van der Waals surface area contributed by atoms with Crippen molar-refractivity contribution in [3.63, 3.8) is 0 Å². The van der Waals surface area contributed by atoms with Gasteiger partial charge in [0.15, 0.2) is 0 Å². The van der Waals surface area contributed by atoms with Crippen molar-refractivity contribution in [2.75, 3.05) is 26.6 Å². The highest BCUT2D eigenvalue weighted by Gasteiger charge is 2.16. The van der Waals surface area contributed by atoms with Crippen LogP contribution in [0.25, 0.3) is 11.4 Å². The van der Waals surface area contributed by atoms with Crippen LogP contribution in [0.5, 0.6) is 17.2 Å². The van der Waals surface area contributed by atoms with Crippen molar-refractivity contribution >= 4 is 23.3 Å². The second kappa shape index (κ2) is 7.31. The van der Waals surface area contributed by atoms with Crippen LogP contribution in [0.4, 0.5) is 11.7 Å². The summed E-state index contributed by atoms with van der Waals surface area (Å²) in [4.78, 5) is 4.34. The summed E-state index contributed by atoms with van der Waals surface area (Å²) in [6, 6.07) is 10.7. The number of benzene rings is 2. The molecule has 0 atom stereocenters. The van der Waals surface area contributed by atoms with Crippen LogP contribution in [0.2, 0.25) is 5.02 Å². The molecule has 0 aliphatic carbocycles. The second-order valence-electron chi connectivity index (χ2n) is 4.96. The number of hydrogen-bond donors (Lipinski definition) is 1. The van der Waals surface area contributed by atoms with Gasteiger partial charge in [0.2, 0.25) is 5.82 Å². The van der Waals surface area contributed by atoms with Gasteiger partial charge >= 0.3 is 6.01 Å². The maximum Gasteiger partial charge on any atom is 0.326 e. The van der Waals surface area contributed by atoms with Gasteiger partial charge in [-0.3, -0.25) is 0 Å². The van der Waals surface area contributed by atoms with Crippen molar-refractivity contribution in [2.24, 2.45) is 0 Å². The average Bonchev–Trinajstić information content (AvgIpc) is 3.09. The molecular formula is C17H16ClN3O4. The fourth-order valence-corrected chi connectivity index (χ4v) is 2.44. The molecule has 0 amide bonds. The molecule has 0 saturated carbocycles. The zero-order valence-electron chi connectivity index (χ0n) is 13.9. The Morgan fingerprint density at radius 3 is 2.44 bits per heavy atom. The number of nitrogens with one attached hydrogen (secondary N) is 1. The van der Waals surface area contributed by atoms with Crippen molar-refractivity contribution in [3.05, 3.63) is 41.4 Å². The lowest BCUT2D eigenvalue weighted by molar-refractivity contribution is 0.403. The van der Waals surface area contributed by atoms with Crippen molar-refractivity contribution in [1.82, 2.24) is 10.1 Å². The van der Waals surface area contributed by atoms with E-state index >= 15 is 0 Å². The molecule has 0 bridgehead atoms. The van der Waals surface area contributed by atoms with E-state index in [1.54, 1.807) is 57.7 Å². The quantitative estimate of drug-likeness (QED) is 0.706. The van der Waals surface area contributed by atoms with Gasteiger partial charge < -0.3 is 24.1 Å². The third kappa shape index (κ3) is 3.61. The van der Waals surface area contributed by atoms with Crippen molar-refractivity contribution in [3.8, 4) is 28.6 Å². The maximum atomic E-state index is 6.02. The number of methoxy groups -OCH3 is 3. The molecule has 130 valence electrons. The van der Waals surface area contributed by atoms with Gasteiger partial charge in [0.1, 0.15) is 17.2 Å². The van der Waals surface area contributed by atoms with Crippen molar-refractivity contribution in [1.29, 1.82) is 0 Å². The first kappa shape index (κ1) is 16.9. The van der Waals surface area contributed by atoms with Gasteiger partial charge in [-0.1, -0.05) is 16.8 Å². The van der Waals surface area contributed by atoms with Gasteiger partial charge in [-0.15, -0.1) is 0 Å². The first-order valence-corrected chi connectivity index (χ1v) is 7.69. The summed E-state index contributed by atoms with van der Waals surface area (Å²) in [5, 5.41) is 7.54. The standard InChI is InChI=1S/C17H16ClN3O4/c1-22-11-5-7-14(23-2)12(9-11)16-20-17(25-21-16)19-13-8-10(18)4-6-15(13)24-3/h4-9H,1-3H3,(H,19,20,21). The molecule has 0 unspecified atom stereocenters. The van der Waals surface area contributed by atoms with E-state index in [1.165, 1.54) is 0 Å². The Morgan fingerprint density at radius 1 is 0.960 bits per heavy atom. The van der Waals surface area contributed by atoms with E-state index in [0.717, 1.165) is 0 Å². The Balaban J connectivity index is 1.92. The number of hydrogen-bond acceptors (Lipinski definition) is 7. The minimum atomic E-state index is 0.195. The van der Waals surface area contributed by atoms with Crippen LogP contribution in [0, 0.1) is 0 Å². The minimum absolute atomic E-state index is 0.195. The summed E-state index contributed by atoms with van der Waals surface area (Å²) in [5.41, 5.74) is 1.26. The van der Waals surface area contributed by atoms with Gasteiger partial charge in [0, 0.05) is 5.02 Å². The molecule has 3 rings (SSSR count). The molecule has 0 spiro atoms. The Hall–Kier alpha value is -2.93. The zero-order valence-corrected chi connectivity index (χ0v) is 14.6. The van der Waals surface area contributed by atoms with Crippen molar-refractivity contribution < 1.29 is 18.7 Å². The number of anilines is 2. The van der Waals surface area contributed by atoms with Crippen LogP contribution < -0.4 is 19.5 Å². The predicted molar refractivity (Wildman–Crippen MR) is 94.1 cm³/mol. The molecule has 7 nitrogen and oxygen atoms in total. The molecule has 0 fully saturated rings. The Kier molecular flexibility index (Phi) is 4.95. The zero-order chi connectivity index (χ0) is 17.8. The molecule has 2 aromatic carbocycles. The molecule has 0 saturated heterocycles. The first-order chi connectivity index (χ1) is 12.1. The van der Waals surface area contributed by atoms with Crippen LogP contribution in [0.3, 0.4) is 0 Å². The fraction of sp³-hybridized carbons (Fsp3) is 0.176. The van der Waals surface area contributed by atoms with Crippen LogP contribution in [-0.2, 0) is 0 Å². The SMILES string of the molecule is COc1ccc(OC)c(-c2noc(Nc3cc(Cl)ccc3OC)n2)c1. The van der Waals surface area contributed by atoms with Gasteiger partial charge in [-0.05, 0) is 36.4 Å². The third-order valence-electron chi connectivity index (χ3n) is 3.48. The topological polar surface area (TPSA) is 78.6 Å². The van der Waals surface area contributed by atoms with Crippen LogP contribution >= 0.6 is 11.6 Å². The highest BCUT2D eigenvalue weighted by Crippen LogP contribution is 2.34. The van der Waals surface area contributed by atoms with Crippen LogP contribution in [-0.4, -0.2) is 31.5 Å². The molecule has 3 aromatic rings. The molecule has 0 aliphatic heterocycles. The summed E-state index contributed by atoms with van der Waals surface area (Å²) in [6.45, 7) is 0. The summed E-state index contributed by atoms with van der Waals surface area (Å²) in [5.74, 6) is 2.22. The highest BCUT2D eigenvalue weighted by atomic mass is 35.5. The fourth-order valence-electron chi connectivity index (χ4n) is 2.27. The maximum absolute atomic E-state index is 6.02. The third-order valence-corrected chi connectivity index (χ3v) is 3.71. The highest BCUT2D eigenvalue weighted by molar-refractivity contribution is 6.30. The number of nitrogens with zero attached hydrogens (tertiary/aromatic N) is 2. The van der Waals surface area contributed by atoms with E-state index in [1.807, 2.05) is 0 Å². The van der Waals surface area contributed by atoms with Crippen LogP contribution in [0.1, 0.15) is 0 Å². The van der Waals surface area contributed by atoms with E-state index in [9.17, 15) is 0 Å². The smallest absolute Gasteiger partial charge is 0.326 e. The summed E-state index contributed by atoms with van der Waals surface area (Å²) in [7, 11) is 4.72. The normalized spacial score (nSPS) is 10.4. The Morgan fingerprint density at radius 2 is 1.72 bits per heavy atom. The molecule has 1 N–H and O–H groups in total. The van der Waals surface area contributed by atoms with Gasteiger partial charge in [0.05, 0.1) is 32.6 Å². The summed E-state index contributed by atoms with van der Waals surface area (Å²) >= 11 is 6.02. The lowest BCUT2D eigenvalue weighted by Crippen LogP contribution is -1.95. The molecular weight excluding hydrogens is 346 g/mol. The van der Waals surface area contributed by atoms with E-state index in [2.05, 4.69) is 15.5 Å². The number of ether oxygens (including phenoxy) is 3. The molecule has 1 aromatic heterocycles. The van der Waals surface area contributed by atoms with Gasteiger partial charge in [-0.2, -0.15) is 4.98 Å². The van der Waals surface area contributed by atoms with Gasteiger partial charge in [-0.25, -0.2) is 0 Å². The summed E-state index contributed by atoms with van der Waals surface area (Å²) in [6.07, 6.45) is 0. The molecule has 8 heteroatoms. The lowest BCUT2D eigenvalue weighted by atomic mass is 10.2. The second-order valence-corrected chi connectivity index (χ2v) is 5.40. The lowest BCUT2D eigenvalue weighted by Gasteiger charge is -2.08. The minimum Gasteiger partial charge on any atom is -0.497 e. The average molecular weight is 362 g/mol. The van der Waals surface area contributed by atoms with E-state index in [-0.39, 0.29) is 6.01 Å². The Labute approximate surface area is 149 Å². The molecule has 1 heterocycles. The molecule has 25 heavy (non-hydrogen) atoms. The van der Waals surface area contributed by atoms with E-state index < -0.39 is 0 Å². The number of rotatable bonds is 6. The monoisotopic (exact) mass is 361 g/mol. The Bertz CT molecular complexity index is 882. The number of halogens is 1. The first-order valence-electron chi connectivity index (χ1n) is 7.31. The van der Waals surface area contributed by atoms with E-state index in [0.29, 0.717) is 39.3 Å². The molecule has 0 aliphatic rings. The predicted octanol–water partition coefficient (Wildman–Crippen LogP) is 4.16. The number of aromatic nitrogens is 2. The van der Waals surface area contributed by atoms with Crippen molar-refractivity contribution in [2.45, 2.75) is 0 Å². The largest absolute Gasteiger partial charge is 0.497 e. The summed E-state index contributed by atoms with van der Waals surface area (Å²) < 4.78 is 21.1. The molecule has 0 radical (unpaired) electrons. The van der Waals surface area contributed by atoms with E-state index in [4.69, 9.17) is 30.3 Å².